The largest absolute Gasteiger partial charge is 0.344 e. The molecule has 0 aromatic heterocycles. The topological polar surface area (TPSA) is 33.5 Å². The Morgan fingerprint density at radius 3 is 2.42 bits per heavy atom. The van der Waals surface area contributed by atoms with Crippen molar-refractivity contribution in [1.29, 1.82) is 0 Å². The fourth-order valence-corrected chi connectivity index (χ4v) is 3.26. The van der Waals surface area contributed by atoms with E-state index in [1.807, 2.05) is 30.3 Å². The van der Waals surface area contributed by atoms with E-state index >= 15 is 0 Å². The summed E-state index contributed by atoms with van der Waals surface area (Å²) in [6, 6.07) is 16.4. The molecule has 0 aliphatic carbocycles. The van der Waals surface area contributed by atoms with Crippen LogP contribution in [0.15, 0.2) is 59.5 Å². The maximum Gasteiger partial charge on any atom is 0.221 e. The van der Waals surface area contributed by atoms with Crippen LogP contribution in [0.1, 0.15) is 18.0 Å². The second-order valence-corrected chi connectivity index (χ2v) is 7.16. The number of hydrogen-bond acceptors (Lipinski definition) is 2. The summed E-state index contributed by atoms with van der Waals surface area (Å²) in [6.45, 7) is 0.834. The Morgan fingerprint density at radius 1 is 1.12 bits per heavy atom. The third-order valence-corrected chi connectivity index (χ3v) is 4.57. The second-order valence-electron chi connectivity index (χ2n) is 5.99. The van der Waals surface area contributed by atoms with Gasteiger partial charge < -0.3 is 10.2 Å². The minimum atomic E-state index is -0.242. The highest BCUT2D eigenvalue weighted by atomic mass is 32.2. The van der Waals surface area contributed by atoms with Gasteiger partial charge in [0.1, 0.15) is 18.4 Å². The number of nitrogens with one attached hydrogen (secondary N) is 2. The molecule has 0 saturated heterocycles. The zero-order valence-corrected chi connectivity index (χ0v) is 14.9. The minimum absolute atomic E-state index is 0.0134. The van der Waals surface area contributed by atoms with E-state index < -0.39 is 0 Å². The van der Waals surface area contributed by atoms with Crippen LogP contribution in [0.25, 0.3) is 0 Å². The molecule has 128 valence electrons. The molecule has 0 saturated carbocycles. The van der Waals surface area contributed by atoms with Crippen LogP contribution in [-0.4, -0.2) is 32.3 Å². The summed E-state index contributed by atoms with van der Waals surface area (Å²) in [6.07, 6.45) is 0.439. The van der Waals surface area contributed by atoms with Gasteiger partial charge in [-0.2, -0.15) is 0 Å². The van der Waals surface area contributed by atoms with Gasteiger partial charge in [0.2, 0.25) is 5.91 Å². The highest BCUT2D eigenvalue weighted by molar-refractivity contribution is 7.99. The highest BCUT2D eigenvalue weighted by Gasteiger charge is 2.17. The Hall–Kier alpha value is -1.85. The fourth-order valence-electron chi connectivity index (χ4n) is 2.40. The van der Waals surface area contributed by atoms with Crippen molar-refractivity contribution in [2.75, 3.05) is 26.4 Å². The first-order chi connectivity index (χ1) is 11.5. The molecule has 0 spiro atoms. The van der Waals surface area contributed by atoms with E-state index in [0.29, 0.717) is 12.2 Å². The molecular formula is C19H24FN2OS+. The lowest BCUT2D eigenvalue weighted by molar-refractivity contribution is -0.860. The smallest absolute Gasteiger partial charge is 0.221 e. The molecule has 0 bridgehead atoms. The first-order valence-corrected chi connectivity index (χ1v) is 9.05. The number of amides is 1. The van der Waals surface area contributed by atoms with Crippen LogP contribution in [0.5, 0.6) is 0 Å². The molecular weight excluding hydrogens is 323 g/mol. The molecule has 0 aliphatic rings. The maximum absolute atomic E-state index is 12.9. The molecule has 2 aromatic carbocycles. The maximum atomic E-state index is 12.9. The van der Waals surface area contributed by atoms with E-state index in [4.69, 9.17) is 0 Å². The Kier molecular flexibility index (Phi) is 7.28. The number of carbonyl (C=O) groups excluding carboxylic acids is 1. The molecule has 0 aliphatic heterocycles. The lowest BCUT2D eigenvalue weighted by Gasteiger charge is -2.20. The van der Waals surface area contributed by atoms with Crippen molar-refractivity contribution in [3.05, 3.63) is 66.0 Å². The van der Waals surface area contributed by atoms with Crippen LogP contribution < -0.4 is 10.2 Å². The van der Waals surface area contributed by atoms with E-state index in [-0.39, 0.29) is 17.8 Å². The highest BCUT2D eigenvalue weighted by Crippen LogP contribution is 2.19. The summed E-state index contributed by atoms with van der Waals surface area (Å²) in [5.41, 5.74) is 1.12. The van der Waals surface area contributed by atoms with Crippen LogP contribution in [-0.2, 0) is 4.79 Å². The monoisotopic (exact) mass is 347 g/mol. The van der Waals surface area contributed by atoms with Gasteiger partial charge in [-0.05, 0) is 29.8 Å². The van der Waals surface area contributed by atoms with Crippen LogP contribution in [0.3, 0.4) is 0 Å². The van der Waals surface area contributed by atoms with Crippen LogP contribution in [0.2, 0.25) is 0 Å². The Morgan fingerprint density at radius 2 is 1.79 bits per heavy atom. The van der Waals surface area contributed by atoms with Crippen molar-refractivity contribution in [3.63, 3.8) is 0 Å². The van der Waals surface area contributed by atoms with Crippen molar-refractivity contribution in [2.45, 2.75) is 17.4 Å². The molecule has 5 heteroatoms. The molecule has 1 amide bonds. The van der Waals surface area contributed by atoms with Gasteiger partial charge in [0, 0.05) is 17.1 Å². The first kappa shape index (κ1) is 18.5. The van der Waals surface area contributed by atoms with E-state index in [1.54, 1.807) is 23.9 Å². The number of thioether (sulfide) groups is 1. The van der Waals surface area contributed by atoms with Crippen LogP contribution >= 0.6 is 11.8 Å². The van der Waals surface area contributed by atoms with Crippen LogP contribution in [0.4, 0.5) is 4.39 Å². The molecule has 2 N–H and O–H groups in total. The minimum Gasteiger partial charge on any atom is -0.344 e. The van der Waals surface area contributed by atoms with E-state index in [0.717, 1.165) is 17.0 Å². The number of hydrogen-bond donors (Lipinski definition) is 2. The average Bonchev–Trinajstić information content (AvgIpc) is 2.56. The predicted octanol–water partition coefficient (Wildman–Crippen LogP) is 2.31. The number of rotatable bonds is 8. The van der Waals surface area contributed by atoms with Gasteiger partial charge in [0.05, 0.1) is 14.1 Å². The summed E-state index contributed by atoms with van der Waals surface area (Å²) >= 11 is 1.56. The van der Waals surface area contributed by atoms with Gasteiger partial charge in [0.15, 0.2) is 0 Å². The summed E-state index contributed by atoms with van der Waals surface area (Å²) < 4.78 is 12.9. The molecule has 2 rings (SSSR count). The lowest BCUT2D eigenvalue weighted by Crippen LogP contribution is -3.06. The molecule has 3 nitrogen and oxygen atoms in total. The number of likely N-dealkylation sites (N-methyl/N-ethyl adjacent to an activating group) is 1. The first-order valence-electron chi connectivity index (χ1n) is 8.06. The zero-order valence-electron chi connectivity index (χ0n) is 14.1. The average molecular weight is 347 g/mol. The summed E-state index contributed by atoms with van der Waals surface area (Å²) in [5.74, 6) is 0.474. The van der Waals surface area contributed by atoms with Gasteiger partial charge in [-0.3, -0.25) is 4.79 Å². The SMILES string of the molecule is C[NH+](C)C[C@H](NC(=O)CCSc1ccc(F)cc1)c1ccccc1. The van der Waals surface area contributed by atoms with E-state index in [1.165, 1.54) is 17.0 Å². The van der Waals surface area contributed by atoms with E-state index in [9.17, 15) is 9.18 Å². The third-order valence-electron chi connectivity index (χ3n) is 3.56. The summed E-state index contributed by atoms with van der Waals surface area (Å²) in [5, 5.41) is 3.13. The predicted molar refractivity (Wildman–Crippen MR) is 96.7 cm³/mol. The lowest BCUT2D eigenvalue weighted by atomic mass is 10.1. The zero-order chi connectivity index (χ0) is 17.4. The van der Waals surface area contributed by atoms with Crippen molar-refractivity contribution < 1.29 is 14.1 Å². The molecule has 0 heterocycles. The standard InChI is InChI=1S/C19H23FN2OS/c1-22(2)14-18(15-6-4-3-5-7-15)21-19(23)12-13-24-17-10-8-16(20)9-11-17/h3-11,18H,12-14H2,1-2H3,(H,21,23)/p+1/t18-/m0/s1. The molecule has 1 atom stereocenters. The van der Waals surface area contributed by atoms with Gasteiger partial charge in [0.25, 0.3) is 0 Å². The Balaban J connectivity index is 1.85. The van der Waals surface area contributed by atoms with Crippen molar-refractivity contribution in [3.8, 4) is 0 Å². The third kappa shape index (κ3) is 6.34. The van der Waals surface area contributed by atoms with Crippen molar-refractivity contribution in [1.82, 2.24) is 5.32 Å². The summed E-state index contributed by atoms with van der Waals surface area (Å²) in [4.78, 5) is 14.5. The number of benzene rings is 2. The Bertz CT molecular complexity index is 632. The van der Waals surface area contributed by atoms with Crippen LogP contribution in [0, 0.1) is 5.82 Å². The molecule has 2 aromatic rings. The molecule has 24 heavy (non-hydrogen) atoms. The fraction of sp³-hybridized carbons (Fsp3) is 0.316. The Labute approximate surface area is 147 Å². The van der Waals surface area contributed by atoms with Gasteiger partial charge in [-0.1, -0.05) is 30.3 Å². The molecule has 0 fully saturated rings. The van der Waals surface area contributed by atoms with Gasteiger partial charge in [-0.25, -0.2) is 4.39 Å². The molecule has 0 unspecified atom stereocenters. The summed E-state index contributed by atoms with van der Waals surface area (Å²) in [7, 11) is 4.15. The normalized spacial score (nSPS) is 12.2. The van der Waals surface area contributed by atoms with Crippen molar-refractivity contribution >= 4 is 17.7 Å². The van der Waals surface area contributed by atoms with Crippen molar-refractivity contribution in [2.24, 2.45) is 0 Å². The van der Waals surface area contributed by atoms with Gasteiger partial charge in [-0.15, -0.1) is 11.8 Å². The number of carbonyl (C=O) groups is 1. The molecule has 0 radical (unpaired) electrons. The number of quaternary nitrogens is 1. The van der Waals surface area contributed by atoms with Gasteiger partial charge >= 0.3 is 0 Å². The van der Waals surface area contributed by atoms with E-state index in [2.05, 4.69) is 19.4 Å². The number of halogens is 1. The second kappa shape index (κ2) is 9.45. The quantitative estimate of drug-likeness (QED) is 0.719.